The summed E-state index contributed by atoms with van der Waals surface area (Å²) < 4.78 is 0. The van der Waals surface area contributed by atoms with Crippen molar-refractivity contribution in [2.24, 2.45) is 0 Å². The van der Waals surface area contributed by atoms with E-state index < -0.39 is 0 Å². The van der Waals surface area contributed by atoms with Crippen LogP contribution in [0, 0.1) is 0 Å². The Labute approximate surface area is 134 Å². The molecule has 1 amide bonds. The molecule has 2 unspecified atom stereocenters. The highest BCUT2D eigenvalue weighted by Gasteiger charge is 2.34. The first-order valence-electron chi connectivity index (χ1n) is 6.92. The molecule has 1 saturated heterocycles. The van der Waals surface area contributed by atoms with Gasteiger partial charge in [0.15, 0.2) is 0 Å². The first kappa shape index (κ1) is 14.4. The highest BCUT2D eigenvalue weighted by atomic mass is 35.5. The normalized spacial score (nSPS) is 21.3. The fraction of sp³-hybridized carbons (Fsp3) is 0.235. The Morgan fingerprint density at radius 2 is 1.86 bits per heavy atom. The Balaban J connectivity index is 1.89. The van der Waals surface area contributed by atoms with Crippen LogP contribution in [0.15, 0.2) is 48.5 Å². The molecule has 1 aliphatic rings. The minimum absolute atomic E-state index is 0.0517. The maximum absolute atomic E-state index is 11.8. The number of halogens is 2. The molecule has 0 aliphatic carbocycles. The molecule has 0 radical (unpaired) electrons. The van der Waals surface area contributed by atoms with E-state index in [2.05, 4.69) is 17.4 Å². The van der Waals surface area contributed by atoms with Crippen LogP contribution >= 0.6 is 23.2 Å². The van der Waals surface area contributed by atoms with Crippen molar-refractivity contribution in [3.8, 4) is 0 Å². The molecule has 0 bridgehead atoms. The van der Waals surface area contributed by atoms with Crippen molar-refractivity contribution in [1.29, 1.82) is 0 Å². The lowest BCUT2D eigenvalue weighted by Crippen LogP contribution is -2.30. The van der Waals surface area contributed by atoms with Crippen LogP contribution in [0.4, 0.5) is 0 Å². The van der Waals surface area contributed by atoms with Crippen molar-refractivity contribution in [2.75, 3.05) is 0 Å². The molecule has 1 heterocycles. The van der Waals surface area contributed by atoms with E-state index in [1.165, 1.54) is 5.56 Å². The second-order valence-corrected chi connectivity index (χ2v) is 6.18. The first-order valence-corrected chi connectivity index (χ1v) is 7.67. The summed E-state index contributed by atoms with van der Waals surface area (Å²) in [5.74, 6) is 0.126. The van der Waals surface area contributed by atoms with Gasteiger partial charge in [-0.05, 0) is 35.7 Å². The Morgan fingerprint density at radius 3 is 2.62 bits per heavy atom. The van der Waals surface area contributed by atoms with Crippen molar-refractivity contribution in [1.82, 2.24) is 5.32 Å². The minimum Gasteiger partial charge on any atom is -0.352 e. The third kappa shape index (κ3) is 3.22. The van der Waals surface area contributed by atoms with Gasteiger partial charge in [-0.1, -0.05) is 53.5 Å². The van der Waals surface area contributed by atoms with Gasteiger partial charge in [0.25, 0.3) is 0 Å². The van der Waals surface area contributed by atoms with Gasteiger partial charge in [-0.25, -0.2) is 0 Å². The summed E-state index contributed by atoms with van der Waals surface area (Å²) >= 11 is 12.4. The summed E-state index contributed by atoms with van der Waals surface area (Å²) in [6, 6.07) is 15.6. The zero-order valence-corrected chi connectivity index (χ0v) is 12.9. The zero-order valence-electron chi connectivity index (χ0n) is 11.4. The molecule has 3 rings (SSSR count). The van der Waals surface area contributed by atoms with Gasteiger partial charge in [0.1, 0.15) is 0 Å². The van der Waals surface area contributed by atoms with Crippen molar-refractivity contribution >= 4 is 29.1 Å². The molecule has 4 heteroatoms. The van der Waals surface area contributed by atoms with E-state index in [1.807, 2.05) is 24.3 Å². The summed E-state index contributed by atoms with van der Waals surface area (Å²) in [7, 11) is 0. The van der Waals surface area contributed by atoms with Gasteiger partial charge < -0.3 is 5.32 Å². The average Bonchev–Trinajstić information content (AvgIpc) is 2.83. The van der Waals surface area contributed by atoms with Crippen LogP contribution < -0.4 is 5.32 Å². The van der Waals surface area contributed by atoms with E-state index in [1.54, 1.807) is 12.1 Å². The quantitative estimate of drug-likeness (QED) is 0.902. The van der Waals surface area contributed by atoms with E-state index in [0.717, 1.165) is 12.0 Å². The van der Waals surface area contributed by atoms with Gasteiger partial charge in [0.05, 0.1) is 0 Å². The maximum Gasteiger partial charge on any atom is 0.220 e. The van der Waals surface area contributed by atoms with E-state index in [4.69, 9.17) is 23.2 Å². The number of carbonyl (C=O) groups is 1. The van der Waals surface area contributed by atoms with Crippen LogP contribution in [0.3, 0.4) is 0 Å². The fourth-order valence-corrected chi connectivity index (χ4v) is 3.33. The van der Waals surface area contributed by atoms with Gasteiger partial charge in [-0.15, -0.1) is 0 Å². The van der Waals surface area contributed by atoms with Crippen LogP contribution in [-0.2, 0) is 11.2 Å². The lowest BCUT2D eigenvalue weighted by atomic mass is 9.88. The third-order valence-corrected chi connectivity index (χ3v) is 4.47. The van der Waals surface area contributed by atoms with E-state index >= 15 is 0 Å². The Kier molecular flexibility index (Phi) is 4.18. The van der Waals surface area contributed by atoms with Crippen LogP contribution in [0.1, 0.15) is 23.5 Å². The number of rotatable bonds is 3. The largest absolute Gasteiger partial charge is 0.352 e. The summed E-state index contributed by atoms with van der Waals surface area (Å²) in [5.41, 5.74) is 2.15. The van der Waals surface area contributed by atoms with Crippen LogP contribution in [0.5, 0.6) is 0 Å². The molecule has 2 nitrogen and oxygen atoms in total. The molecule has 108 valence electrons. The number of hydrogen-bond acceptors (Lipinski definition) is 1. The molecular weight excluding hydrogens is 305 g/mol. The van der Waals surface area contributed by atoms with Gasteiger partial charge in [0.2, 0.25) is 5.91 Å². The van der Waals surface area contributed by atoms with Crippen LogP contribution in [0.2, 0.25) is 10.0 Å². The number of benzene rings is 2. The molecule has 1 N–H and O–H groups in total. The number of nitrogens with one attached hydrogen (secondary N) is 1. The SMILES string of the molecule is O=C1CC(c2cc(Cl)ccc2Cl)C(Cc2ccccc2)N1. The second kappa shape index (κ2) is 6.08. The topological polar surface area (TPSA) is 29.1 Å². The summed E-state index contributed by atoms with van der Waals surface area (Å²) in [6.07, 6.45) is 1.25. The van der Waals surface area contributed by atoms with Crippen LogP contribution in [0.25, 0.3) is 0 Å². The van der Waals surface area contributed by atoms with Gasteiger partial charge in [0, 0.05) is 28.4 Å². The van der Waals surface area contributed by atoms with Gasteiger partial charge in [-0.3, -0.25) is 4.79 Å². The summed E-state index contributed by atoms with van der Waals surface area (Å²) in [5, 5.41) is 4.37. The molecule has 2 aromatic carbocycles. The molecular formula is C17H15Cl2NO. The highest BCUT2D eigenvalue weighted by molar-refractivity contribution is 6.33. The van der Waals surface area contributed by atoms with E-state index in [0.29, 0.717) is 16.5 Å². The Morgan fingerprint density at radius 1 is 1.10 bits per heavy atom. The number of carbonyl (C=O) groups excluding carboxylic acids is 1. The van der Waals surface area contributed by atoms with Crippen molar-refractivity contribution < 1.29 is 4.79 Å². The molecule has 0 aromatic heterocycles. The number of amides is 1. The smallest absolute Gasteiger partial charge is 0.220 e. The molecule has 0 spiro atoms. The predicted molar refractivity (Wildman–Crippen MR) is 85.9 cm³/mol. The second-order valence-electron chi connectivity index (χ2n) is 5.34. The molecule has 1 aliphatic heterocycles. The van der Waals surface area contributed by atoms with E-state index in [9.17, 15) is 4.79 Å². The zero-order chi connectivity index (χ0) is 14.8. The minimum atomic E-state index is 0.0517. The van der Waals surface area contributed by atoms with Crippen molar-refractivity contribution in [3.63, 3.8) is 0 Å². The fourth-order valence-electron chi connectivity index (χ4n) is 2.90. The Hall–Kier alpha value is -1.51. The average molecular weight is 320 g/mol. The van der Waals surface area contributed by atoms with Crippen molar-refractivity contribution in [3.05, 3.63) is 69.7 Å². The van der Waals surface area contributed by atoms with Gasteiger partial charge in [-0.2, -0.15) is 0 Å². The first-order chi connectivity index (χ1) is 10.1. The summed E-state index contributed by atoms with van der Waals surface area (Å²) in [4.78, 5) is 11.8. The van der Waals surface area contributed by atoms with Crippen LogP contribution in [-0.4, -0.2) is 11.9 Å². The monoisotopic (exact) mass is 319 g/mol. The molecule has 2 aromatic rings. The molecule has 21 heavy (non-hydrogen) atoms. The lowest BCUT2D eigenvalue weighted by Gasteiger charge is -2.20. The van der Waals surface area contributed by atoms with Crippen molar-refractivity contribution in [2.45, 2.75) is 24.8 Å². The third-order valence-electron chi connectivity index (χ3n) is 3.89. The maximum atomic E-state index is 11.8. The highest BCUT2D eigenvalue weighted by Crippen LogP contribution is 2.36. The lowest BCUT2D eigenvalue weighted by molar-refractivity contribution is -0.119. The predicted octanol–water partition coefficient (Wildman–Crippen LogP) is 4.21. The molecule has 0 saturated carbocycles. The number of hydrogen-bond donors (Lipinski definition) is 1. The standard InChI is InChI=1S/C17H15Cl2NO/c18-12-6-7-15(19)13(9-12)14-10-17(21)20-16(14)8-11-4-2-1-3-5-11/h1-7,9,14,16H,8,10H2,(H,20,21). The molecule has 2 atom stereocenters. The van der Waals surface area contributed by atoms with Gasteiger partial charge >= 0.3 is 0 Å². The Bertz CT molecular complexity index is 657. The summed E-state index contributed by atoms with van der Waals surface area (Å²) in [6.45, 7) is 0. The molecule has 1 fully saturated rings. The van der Waals surface area contributed by atoms with E-state index in [-0.39, 0.29) is 17.9 Å².